The molecular weight excluding hydrogens is 326 g/mol. The largest absolute Gasteiger partial charge is 0.303 e. The average molecular weight is 343 g/mol. The van der Waals surface area contributed by atoms with E-state index in [0.29, 0.717) is 5.56 Å². The highest BCUT2D eigenvalue weighted by molar-refractivity contribution is 8.76. The summed E-state index contributed by atoms with van der Waals surface area (Å²) >= 11 is 0. The van der Waals surface area contributed by atoms with E-state index in [1.807, 2.05) is 48.5 Å². The van der Waals surface area contributed by atoms with Gasteiger partial charge in [0.25, 0.3) is 0 Å². The van der Waals surface area contributed by atoms with Crippen LogP contribution in [0.2, 0.25) is 0 Å². The van der Waals surface area contributed by atoms with Crippen LogP contribution < -0.4 is 5.32 Å². The van der Waals surface area contributed by atoms with Gasteiger partial charge in [-0.15, -0.1) is 0 Å². The standard InChI is InChI=1S/C18H17NO2S2/c20-17-9-19-10-18(21)16-7-2-1-5-15(16)12-23-22-11-13-4-3-6-14(17)8-13/h1-8,19H,9-12H2. The lowest BCUT2D eigenvalue weighted by Gasteiger charge is -2.11. The molecule has 5 heteroatoms. The quantitative estimate of drug-likeness (QED) is 0.739. The number of nitrogens with one attached hydrogen (secondary N) is 1. The highest BCUT2D eigenvalue weighted by Crippen LogP contribution is 2.30. The van der Waals surface area contributed by atoms with Crippen molar-refractivity contribution in [3.8, 4) is 0 Å². The molecule has 0 atom stereocenters. The van der Waals surface area contributed by atoms with Gasteiger partial charge in [-0.2, -0.15) is 0 Å². The van der Waals surface area contributed by atoms with Gasteiger partial charge in [-0.05, 0) is 17.2 Å². The van der Waals surface area contributed by atoms with E-state index in [-0.39, 0.29) is 24.7 Å². The summed E-state index contributed by atoms with van der Waals surface area (Å²) in [6.07, 6.45) is 0. The zero-order chi connectivity index (χ0) is 16.1. The van der Waals surface area contributed by atoms with E-state index < -0.39 is 0 Å². The lowest BCUT2D eigenvalue weighted by Crippen LogP contribution is -2.29. The molecule has 3 nitrogen and oxygen atoms in total. The second-order valence-corrected chi connectivity index (χ2v) is 7.79. The molecule has 2 aromatic rings. The molecule has 3 rings (SSSR count). The van der Waals surface area contributed by atoms with Crippen LogP contribution in [0, 0.1) is 0 Å². The molecule has 0 fully saturated rings. The number of hydrogen-bond donors (Lipinski definition) is 1. The monoisotopic (exact) mass is 343 g/mol. The summed E-state index contributed by atoms with van der Waals surface area (Å²) in [6.45, 7) is 0.361. The Hall–Kier alpha value is -1.56. The minimum atomic E-state index is 0.0163. The van der Waals surface area contributed by atoms with Gasteiger partial charge in [0.15, 0.2) is 11.6 Å². The zero-order valence-electron chi connectivity index (χ0n) is 12.6. The number of ketones is 2. The molecular formula is C18H17NO2S2. The molecule has 1 aliphatic heterocycles. The highest BCUT2D eigenvalue weighted by Gasteiger charge is 2.13. The molecule has 0 saturated carbocycles. The number of Topliss-reactive ketones (excluding diaryl/α,β-unsaturated/α-hetero) is 2. The summed E-state index contributed by atoms with van der Waals surface area (Å²) < 4.78 is 0. The fraction of sp³-hybridized carbons (Fsp3) is 0.222. The third-order valence-electron chi connectivity index (χ3n) is 3.66. The second-order valence-electron chi connectivity index (χ2n) is 5.33. The molecule has 0 aromatic heterocycles. The first kappa shape index (κ1) is 16.3. The summed E-state index contributed by atoms with van der Waals surface area (Å²) in [5.74, 6) is 1.69. The van der Waals surface area contributed by atoms with Crippen molar-refractivity contribution < 1.29 is 9.59 Å². The lowest BCUT2D eigenvalue weighted by molar-refractivity contribution is 0.0970. The Balaban J connectivity index is 1.83. The first-order chi connectivity index (χ1) is 11.2. The topological polar surface area (TPSA) is 46.2 Å². The van der Waals surface area contributed by atoms with E-state index in [2.05, 4.69) is 5.32 Å². The summed E-state index contributed by atoms with van der Waals surface area (Å²) in [4.78, 5) is 24.6. The molecule has 0 saturated heterocycles. The van der Waals surface area contributed by atoms with Gasteiger partial charge < -0.3 is 5.32 Å². The zero-order valence-corrected chi connectivity index (χ0v) is 14.2. The summed E-state index contributed by atoms with van der Waals surface area (Å²) in [6, 6.07) is 15.4. The number of carbonyl (C=O) groups is 2. The summed E-state index contributed by atoms with van der Waals surface area (Å²) in [7, 11) is 3.48. The lowest BCUT2D eigenvalue weighted by atomic mass is 10.0. The van der Waals surface area contributed by atoms with Gasteiger partial charge >= 0.3 is 0 Å². The van der Waals surface area contributed by atoms with Crippen molar-refractivity contribution in [1.29, 1.82) is 0 Å². The predicted molar refractivity (Wildman–Crippen MR) is 97.0 cm³/mol. The minimum Gasteiger partial charge on any atom is -0.303 e. The molecule has 0 spiro atoms. The maximum Gasteiger partial charge on any atom is 0.176 e. The van der Waals surface area contributed by atoms with Gasteiger partial charge in [0.2, 0.25) is 0 Å². The Morgan fingerprint density at radius 1 is 0.826 bits per heavy atom. The van der Waals surface area contributed by atoms with Crippen LogP contribution in [0.3, 0.4) is 0 Å². The van der Waals surface area contributed by atoms with Crippen molar-refractivity contribution >= 4 is 33.2 Å². The number of carbonyl (C=O) groups excluding carboxylic acids is 2. The molecule has 0 radical (unpaired) electrons. The summed E-state index contributed by atoms with van der Waals surface area (Å²) in [5.41, 5.74) is 3.64. The van der Waals surface area contributed by atoms with E-state index >= 15 is 0 Å². The molecule has 1 heterocycles. The first-order valence-electron chi connectivity index (χ1n) is 7.42. The fourth-order valence-corrected chi connectivity index (χ4v) is 4.60. The molecule has 1 N–H and O–H groups in total. The van der Waals surface area contributed by atoms with Crippen molar-refractivity contribution in [2.24, 2.45) is 0 Å². The van der Waals surface area contributed by atoms with Gasteiger partial charge in [0.1, 0.15) is 0 Å². The van der Waals surface area contributed by atoms with Crippen LogP contribution in [0.15, 0.2) is 48.5 Å². The predicted octanol–water partition coefficient (Wildman–Crippen LogP) is 3.74. The summed E-state index contributed by atoms with van der Waals surface area (Å²) in [5, 5.41) is 2.98. The van der Waals surface area contributed by atoms with Crippen molar-refractivity contribution in [2.45, 2.75) is 11.5 Å². The van der Waals surface area contributed by atoms with Gasteiger partial charge in [-0.25, -0.2) is 0 Å². The smallest absolute Gasteiger partial charge is 0.176 e. The number of benzene rings is 2. The van der Waals surface area contributed by atoms with Crippen LogP contribution in [0.25, 0.3) is 0 Å². The van der Waals surface area contributed by atoms with Crippen molar-refractivity contribution in [1.82, 2.24) is 5.32 Å². The van der Waals surface area contributed by atoms with Crippen LogP contribution in [-0.4, -0.2) is 24.7 Å². The molecule has 1 aliphatic rings. The number of fused-ring (bicyclic) bond motifs is 3. The van der Waals surface area contributed by atoms with Crippen LogP contribution in [0.5, 0.6) is 0 Å². The first-order valence-corrected chi connectivity index (χ1v) is 9.91. The van der Waals surface area contributed by atoms with E-state index in [1.54, 1.807) is 21.6 Å². The van der Waals surface area contributed by atoms with E-state index in [0.717, 1.165) is 28.2 Å². The van der Waals surface area contributed by atoms with Crippen molar-refractivity contribution in [2.75, 3.05) is 13.1 Å². The van der Waals surface area contributed by atoms with Crippen LogP contribution in [0.4, 0.5) is 0 Å². The molecule has 2 aromatic carbocycles. The molecule has 0 amide bonds. The number of rotatable bonds is 0. The van der Waals surface area contributed by atoms with E-state index in [4.69, 9.17) is 0 Å². The third-order valence-corrected chi connectivity index (χ3v) is 5.92. The van der Waals surface area contributed by atoms with Crippen LogP contribution in [0.1, 0.15) is 31.8 Å². The van der Waals surface area contributed by atoms with Gasteiger partial charge in [-0.3, -0.25) is 9.59 Å². The Morgan fingerprint density at radius 2 is 1.61 bits per heavy atom. The fourth-order valence-electron chi connectivity index (χ4n) is 2.45. The van der Waals surface area contributed by atoms with E-state index in [1.165, 1.54) is 0 Å². The van der Waals surface area contributed by atoms with Crippen molar-refractivity contribution in [3.05, 3.63) is 70.8 Å². The maximum atomic E-state index is 12.4. The molecule has 23 heavy (non-hydrogen) atoms. The maximum absolute atomic E-state index is 12.4. The van der Waals surface area contributed by atoms with Gasteiger partial charge in [0, 0.05) is 22.6 Å². The molecule has 0 aliphatic carbocycles. The van der Waals surface area contributed by atoms with E-state index in [9.17, 15) is 9.59 Å². The SMILES string of the molecule is O=C1CNCC(=O)c2ccccc2CSSCc2cccc1c2. The molecule has 2 bridgehead atoms. The second kappa shape index (κ2) is 7.81. The van der Waals surface area contributed by atoms with Crippen LogP contribution >= 0.6 is 21.6 Å². The Labute approximate surface area is 143 Å². The number of hydrogen-bond acceptors (Lipinski definition) is 5. The van der Waals surface area contributed by atoms with Crippen molar-refractivity contribution in [3.63, 3.8) is 0 Å². The van der Waals surface area contributed by atoms with Gasteiger partial charge in [0.05, 0.1) is 13.1 Å². The normalized spacial score (nSPS) is 16.5. The van der Waals surface area contributed by atoms with Crippen LogP contribution in [-0.2, 0) is 11.5 Å². The third kappa shape index (κ3) is 4.25. The molecule has 118 valence electrons. The Morgan fingerprint density at radius 3 is 2.52 bits per heavy atom. The average Bonchev–Trinajstić information content (AvgIpc) is 2.58. The van der Waals surface area contributed by atoms with Gasteiger partial charge in [-0.1, -0.05) is 64.1 Å². The minimum absolute atomic E-state index is 0.0163. The highest BCUT2D eigenvalue weighted by atomic mass is 33.1. The molecule has 0 unspecified atom stereocenters. The Kier molecular flexibility index (Phi) is 5.54. The Bertz CT molecular complexity index is 730.